The normalized spacial score (nSPS) is 12.2. The predicted octanol–water partition coefficient (Wildman–Crippen LogP) is 3.49. The smallest absolute Gasteiger partial charge is 0.310 e. The molecule has 1 aromatic heterocycles. The van der Waals surface area contributed by atoms with E-state index >= 15 is 0 Å². The molecule has 3 rings (SSSR count). The summed E-state index contributed by atoms with van der Waals surface area (Å²) in [6, 6.07) is 19.6. The molecule has 0 spiro atoms. The average molecular weight is 339 g/mol. The number of methoxy groups -OCH3 is 1. The minimum Gasteiger partial charge on any atom is -0.469 e. The number of hydrogen-bond donors (Lipinski definition) is 1. The van der Waals surface area contributed by atoms with Crippen molar-refractivity contribution in [3.05, 3.63) is 72.0 Å². The summed E-state index contributed by atoms with van der Waals surface area (Å²) in [6.45, 7) is 0.774. The first-order chi connectivity index (χ1) is 12.3. The first-order valence-electron chi connectivity index (χ1n) is 8.20. The Morgan fingerprint density at radius 2 is 1.88 bits per heavy atom. The third-order valence-electron chi connectivity index (χ3n) is 3.97. The topological polar surface area (TPSA) is 60.7 Å². The molecule has 5 heteroatoms. The van der Waals surface area contributed by atoms with E-state index in [1.165, 1.54) is 7.11 Å². The molecule has 130 valence electrons. The minimum absolute atomic E-state index is 0.295. The SMILES string of the molecule is COC(=O)[C@@H](CNOCc1ccccc1)Cc1cc2ccccc2o1. The average Bonchev–Trinajstić information content (AvgIpc) is 3.07. The Kier molecular flexibility index (Phi) is 5.82. The van der Waals surface area contributed by atoms with Crippen LogP contribution in [0.1, 0.15) is 11.3 Å². The molecular formula is C20H21NO4. The van der Waals surface area contributed by atoms with Crippen molar-refractivity contribution < 1.29 is 18.8 Å². The highest BCUT2D eigenvalue weighted by atomic mass is 16.6. The molecule has 0 fully saturated rings. The summed E-state index contributed by atoms with van der Waals surface area (Å²) in [7, 11) is 1.39. The molecule has 5 nitrogen and oxygen atoms in total. The van der Waals surface area contributed by atoms with E-state index in [1.54, 1.807) is 0 Å². The molecule has 0 aliphatic carbocycles. The van der Waals surface area contributed by atoms with Crippen molar-refractivity contribution in [3.8, 4) is 0 Å². The molecule has 1 heterocycles. The second kappa shape index (κ2) is 8.46. The summed E-state index contributed by atoms with van der Waals surface area (Å²) in [5.74, 6) is 0.0686. The van der Waals surface area contributed by atoms with Gasteiger partial charge in [0.25, 0.3) is 0 Å². The van der Waals surface area contributed by atoms with Crippen LogP contribution in [0.15, 0.2) is 65.1 Å². The van der Waals surface area contributed by atoms with Crippen LogP contribution in [0.3, 0.4) is 0 Å². The van der Waals surface area contributed by atoms with Crippen molar-refractivity contribution in [2.45, 2.75) is 13.0 Å². The lowest BCUT2D eigenvalue weighted by atomic mass is 10.0. The molecule has 0 saturated heterocycles. The largest absolute Gasteiger partial charge is 0.469 e. The first-order valence-corrected chi connectivity index (χ1v) is 8.20. The van der Waals surface area contributed by atoms with E-state index in [1.807, 2.05) is 60.7 Å². The van der Waals surface area contributed by atoms with Crippen LogP contribution in [0.4, 0.5) is 0 Å². The van der Waals surface area contributed by atoms with Crippen molar-refractivity contribution in [2.75, 3.05) is 13.7 Å². The van der Waals surface area contributed by atoms with Crippen LogP contribution in [-0.4, -0.2) is 19.6 Å². The van der Waals surface area contributed by atoms with Gasteiger partial charge in [0.05, 0.1) is 19.6 Å². The van der Waals surface area contributed by atoms with Gasteiger partial charge in [0.15, 0.2) is 0 Å². The fraction of sp³-hybridized carbons (Fsp3) is 0.250. The summed E-state index contributed by atoms with van der Waals surface area (Å²) in [6.07, 6.45) is 0.447. The van der Waals surface area contributed by atoms with Gasteiger partial charge in [0.2, 0.25) is 0 Å². The van der Waals surface area contributed by atoms with Crippen molar-refractivity contribution in [1.29, 1.82) is 0 Å². The van der Waals surface area contributed by atoms with Crippen LogP contribution in [0, 0.1) is 5.92 Å². The third-order valence-corrected chi connectivity index (χ3v) is 3.97. The molecule has 0 aliphatic heterocycles. The van der Waals surface area contributed by atoms with Crippen molar-refractivity contribution in [2.24, 2.45) is 5.92 Å². The number of hydrogen-bond acceptors (Lipinski definition) is 5. The van der Waals surface area contributed by atoms with Crippen molar-refractivity contribution >= 4 is 16.9 Å². The van der Waals surface area contributed by atoms with E-state index in [0.717, 1.165) is 22.3 Å². The monoisotopic (exact) mass is 339 g/mol. The number of benzene rings is 2. The Bertz CT molecular complexity index is 780. The van der Waals surface area contributed by atoms with Gasteiger partial charge < -0.3 is 9.15 Å². The van der Waals surface area contributed by atoms with Crippen LogP contribution in [0.25, 0.3) is 11.0 Å². The summed E-state index contributed by atoms with van der Waals surface area (Å²) >= 11 is 0. The maximum atomic E-state index is 12.0. The molecule has 0 amide bonds. The molecule has 0 bridgehead atoms. The second-order valence-electron chi connectivity index (χ2n) is 5.80. The summed E-state index contributed by atoms with van der Waals surface area (Å²) < 4.78 is 10.7. The van der Waals surface area contributed by atoms with Crippen LogP contribution in [0.5, 0.6) is 0 Å². The van der Waals surface area contributed by atoms with Gasteiger partial charge in [-0.2, -0.15) is 0 Å². The maximum Gasteiger partial charge on any atom is 0.310 e. The molecule has 0 radical (unpaired) electrons. The van der Waals surface area contributed by atoms with Gasteiger partial charge in [0.1, 0.15) is 11.3 Å². The first kappa shape index (κ1) is 17.2. The zero-order chi connectivity index (χ0) is 17.5. The van der Waals surface area contributed by atoms with Gasteiger partial charge in [-0.25, -0.2) is 5.48 Å². The fourth-order valence-corrected chi connectivity index (χ4v) is 2.65. The summed E-state index contributed by atoms with van der Waals surface area (Å²) in [5.41, 5.74) is 4.73. The number of fused-ring (bicyclic) bond motifs is 1. The van der Waals surface area contributed by atoms with Crippen molar-refractivity contribution in [1.82, 2.24) is 5.48 Å². The standard InChI is InChI=1S/C20H21NO4/c1-23-20(22)17(13-21-24-14-15-7-3-2-4-8-15)12-18-11-16-9-5-6-10-19(16)25-18/h2-11,17,21H,12-14H2,1H3/t17-/m1/s1. The molecule has 25 heavy (non-hydrogen) atoms. The predicted molar refractivity (Wildman–Crippen MR) is 94.7 cm³/mol. The van der Waals surface area contributed by atoms with E-state index in [9.17, 15) is 4.79 Å². The van der Waals surface area contributed by atoms with Crippen molar-refractivity contribution in [3.63, 3.8) is 0 Å². The number of furan rings is 1. The summed E-state index contributed by atoms with van der Waals surface area (Å²) in [4.78, 5) is 17.5. The van der Waals surface area contributed by atoms with Crippen LogP contribution < -0.4 is 5.48 Å². The number of ether oxygens (including phenoxy) is 1. The quantitative estimate of drug-likeness (QED) is 0.387. The highest BCUT2D eigenvalue weighted by molar-refractivity contribution is 5.78. The second-order valence-corrected chi connectivity index (χ2v) is 5.80. The Hall–Kier alpha value is -2.63. The van der Waals surface area contributed by atoms with Crippen LogP contribution >= 0.6 is 0 Å². The minimum atomic E-state index is -0.388. The highest BCUT2D eigenvalue weighted by Gasteiger charge is 2.21. The Labute approximate surface area is 146 Å². The molecular weight excluding hydrogens is 318 g/mol. The summed E-state index contributed by atoms with van der Waals surface area (Å²) in [5, 5.41) is 1.02. The lowest BCUT2D eigenvalue weighted by Gasteiger charge is -2.14. The molecule has 2 aromatic carbocycles. The molecule has 0 aliphatic rings. The Balaban J connectivity index is 1.56. The third kappa shape index (κ3) is 4.68. The van der Waals surface area contributed by atoms with Crippen LogP contribution in [-0.2, 0) is 27.4 Å². The number of hydroxylamine groups is 1. The zero-order valence-corrected chi connectivity index (χ0v) is 14.1. The van der Waals surface area contributed by atoms with E-state index in [2.05, 4.69) is 5.48 Å². The van der Waals surface area contributed by atoms with Gasteiger partial charge in [-0.15, -0.1) is 0 Å². The van der Waals surface area contributed by atoms with Gasteiger partial charge in [0, 0.05) is 18.4 Å². The molecule has 1 N–H and O–H groups in total. The number of rotatable bonds is 8. The van der Waals surface area contributed by atoms with Crippen LogP contribution in [0.2, 0.25) is 0 Å². The zero-order valence-electron chi connectivity index (χ0n) is 14.1. The molecule has 0 saturated carbocycles. The number of esters is 1. The highest BCUT2D eigenvalue weighted by Crippen LogP contribution is 2.21. The molecule has 3 aromatic rings. The number of nitrogens with one attached hydrogen (secondary N) is 1. The van der Waals surface area contributed by atoms with Gasteiger partial charge in [-0.1, -0.05) is 48.5 Å². The lowest BCUT2D eigenvalue weighted by molar-refractivity contribution is -0.146. The molecule has 0 unspecified atom stereocenters. The van der Waals surface area contributed by atoms with Gasteiger partial charge >= 0.3 is 5.97 Å². The fourth-order valence-electron chi connectivity index (χ4n) is 2.65. The van der Waals surface area contributed by atoms with E-state index in [0.29, 0.717) is 19.6 Å². The Morgan fingerprint density at radius 3 is 2.64 bits per heavy atom. The number of carbonyl (C=O) groups excluding carboxylic acids is 1. The Morgan fingerprint density at radius 1 is 1.12 bits per heavy atom. The van der Waals surface area contributed by atoms with E-state index < -0.39 is 0 Å². The van der Waals surface area contributed by atoms with Gasteiger partial charge in [-0.05, 0) is 17.7 Å². The van der Waals surface area contributed by atoms with Gasteiger partial charge in [-0.3, -0.25) is 9.63 Å². The van der Waals surface area contributed by atoms with E-state index in [4.69, 9.17) is 14.0 Å². The maximum absolute atomic E-state index is 12.0. The van der Waals surface area contributed by atoms with E-state index in [-0.39, 0.29) is 11.9 Å². The lowest BCUT2D eigenvalue weighted by Crippen LogP contribution is -2.31. The molecule has 1 atom stereocenters. The number of para-hydroxylation sites is 1. The number of carbonyl (C=O) groups is 1.